The Balaban J connectivity index is 1.52. The SMILES string of the molecule is N#Cc1cccnc1Oc1cccc(C[C@@H](CO)NCC(O)COc2ccccc2)c1. The summed E-state index contributed by atoms with van der Waals surface area (Å²) in [6, 6.07) is 21.8. The van der Waals surface area contributed by atoms with Gasteiger partial charge in [0, 0.05) is 18.8 Å². The highest BCUT2D eigenvalue weighted by Gasteiger charge is 2.13. The number of benzene rings is 2. The highest BCUT2D eigenvalue weighted by molar-refractivity contribution is 5.40. The Morgan fingerprint density at radius 1 is 1.03 bits per heavy atom. The van der Waals surface area contributed by atoms with Gasteiger partial charge in [-0.05, 0) is 48.4 Å². The predicted octanol–water partition coefficient (Wildman–Crippen LogP) is 2.68. The standard InChI is InChI=1S/C24H25N3O4/c25-14-19-7-5-11-26-24(19)31-23-10-4-6-18(13-23)12-20(16-28)27-15-21(29)17-30-22-8-2-1-3-9-22/h1-11,13,20-21,27-29H,12,15-17H2/t20-,21?/m0/s1. The molecule has 2 aromatic carbocycles. The molecule has 0 fully saturated rings. The van der Waals surface area contributed by atoms with Crippen LogP contribution in [0.25, 0.3) is 0 Å². The fourth-order valence-corrected chi connectivity index (χ4v) is 2.96. The highest BCUT2D eigenvalue weighted by atomic mass is 16.5. The lowest BCUT2D eigenvalue weighted by Crippen LogP contribution is -2.41. The van der Waals surface area contributed by atoms with E-state index >= 15 is 0 Å². The lowest BCUT2D eigenvalue weighted by Gasteiger charge is -2.19. The van der Waals surface area contributed by atoms with Crippen LogP contribution in [0.1, 0.15) is 11.1 Å². The molecule has 0 radical (unpaired) electrons. The van der Waals surface area contributed by atoms with E-state index in [1.807, 2.05) is 48.5 Å². The number of para-hydroxylation sites is 1. The summed E-state index contributed by atoms with van der Waals surface area (Å²) in [5.74, 6) is 1.51. The number of nitrogens with one attached hydrogen (secondary N) is 1. The minimum atomic E-state index is -0.711. The number of rotatable bonds is 11. The summed E-state index contributed by atoms with van der Waals surface area (Å²) in [5.41, 5.74) is 1.29. The first-order chi connectivity index (χ1) is 15.2. The van der Waals surface area contributed by atoms with E-state index in [0.717, 1.165) is 5.56 Å². The molecule has 0 bridgehead atoms. The molecule has 3 rings (SSSR count). The van der Waals surface area contributed by atoms with Gasteiger partial charge in [-0.25, -0.2) is 4.98 Å². The molecule has 7 nitrogen and oxygen atoms in total. The minimum Gasteiger partial charge on any atom is -0.491 e. The van der Waals surface area contributed by atoms with Gasteiger partial charge in [0.2, 0.25) is 5.88 Å². The maximum Gasteiger partial charge on any atom is 0.237 e. The van der Waals surface area contributed by atoms with Gasteiger partial charge in [-0.1, -0.05) is 30.3 Å². The predicted molar refractivity (Wildman–Crippen MR) is 116 cm³/mol. The van der Waals surface area contributed by atoms with Crippen molar-refractivity contribution in [2.24, 2.45) is 0 Å². The van der Waals surface area contributed by atoms with Crippen LogP contribution in [0.3, 0.4) is 0 Å². The van der Waals surface area contributed by atoms with Gasteiger partial charge in [-0.3, -0.25) is 0 Å². The smallest absolute Gasteiger partial charge is 0.237 e. The van der Waals surface area contributed by atoms with E-state index in [0.29, 0.717) is 23.5 Å². The normalized spacial score (nSPS) is 12.5. The molecule has 2 atom stereocenters. The zero-order valence-corrected chi connectivity index (χ0v) is 17.0. The molecule has 1 aromatic heterocycles. The first-order valence-electron chi connectivity index (χ1n) is 10.00. The van der Waals surface area contributed by atoms with Gasteiger partial charge < -0.3 is 25.0 Å². The summed E-state index contributed by atoms with van der Waals surface area (Å²) in [7, 11) is 0. The number of nitriles is 1. The largest absolute Gasteiger partial charge is 0.491 e. The van der Waals surface area contributed by atoms with Crippen LogP contribution in [0, 0.1) is 11.3 Å². The van der Waals surface area contributed by atoms with Gasteiger partial charge in [0.15, 0.2) is 0 Å². The number of hydrogen-bond acceptors (Lipinski definition) is 7. The second kappa shape index (κ2) is 11.7. The van der Waals surface area contributed by atoms with Crippen LogP contribution in [0.4, 0.5) is 0 Å². The van der Waals surface area contributed by atoms with Crippen molar-refractivity contribution in [2.45, 2.75) is 18.6 Å². The van der Waals surface area contributed by atoms with Crippen LogP contribution in [-0.4, -0.2) is 47.1 Å². The molecule has 0 spiro atoms. The van der Waals surface area contributed by atoms with Gasteiger partial charge >= 0.3 is 0 Å². The van der Waals surface area contributed by atoms with Crippen molar-refractivity contribution in [1.82, 2.24) is 10.3 Å². The molecule has 1 heterocycles. The van der Waals surface area contributed by atoms with Crippen molar-refractivity contribution < 1.29 is 19.7 Å². The number of aromatic nitrogens is 1. The fraction of sp³-hybridized carbons (Fsp3) is 0.250. The maximum absolute atomic E-state index is 10.2. The van der Waals surface area contributed by atoms with E-state index < -0.39 is 6.10 Å². The average molecular weight is 419 g/mol. The van der Waals surface area contributed by atoms with Crippen molar-refractivity contribution >= 4 is 0 Å². The van der Waals surface area contributed by atoms with Crippen molar-refractivity contribution in [3.05, 3.63) is 84.1 Å². The van der Waals surface area contributed by atoms with Gasteiger partial charge in [-0.2, -0.15) is 5.26 Å². The Morgan fingerprint density at radius 2 is 1.84 bits per heavy atom. The molecular weight excluding hydrogens is 394 g/mol. The van der Waals surface area contributed by atoms with Crippen LogP contribution in [0.15, 0.2) is 72.9 Å². The van der Waals surface area contributed by atoms with Crippen LogP contribution >= 0.6 is 0 Å². The molecule has 1 unspecified atom stereocenters. The molecule has 160 valence electrons. The van der Waals surface area contributed by atoms with E-state index in [-0.39, 0.29) is 31.7 Å². The third-order valence-electron chi connectivity index (χ3n) is 4.53. The van der Waals surface area contributed by atoms with Gasteiger partial charge in [0.25, 0.3) is 0 Å². The zero-order chi connectivity index (χ0) is 21.9. The summed E-state index contributed by atoms with van der Waals surface area (Å²) >= 11 is 0. The van der Waals surface area contributed by atoms with E-state index in [1.165, 1.54) is 0 Å². The second-order valence-electron chi connectivity index (χ2n) is 6.99. The molecule has 31 heavy (non-hydrogen) atoms. The quantitative estimate of drug-likeness (QED) is 0.439. The number of aliphatic hydroxyl groups is 2. The molecule has 0 aliphatic heterocycles. The number of aliphatic hydroxyl groups excluding tert-OH is 2. The second-order valence-corrected chi connectivity index (χ2v) is 6.99. The average Bonchev–Trinajstić information content (AvgIpc) is 2.81. The first kappa shape index (κ1) is 22.2. The van der Waals surface area contributed by atoms with Gasteiger partial charge in [0.05, 0.1) is 6.61 Å². The molecule has 0 aliphatic rings. The van der Waals surface area contributed by atoms with Crippen molar-refractivity contribution in [2.75, 3.05) is 19.8 Å². The number of pyridine rings is 1. The fourth-order valence-electron chi connectivity index (χ4n) is 2.96. The summed E-state index contributed by atoms with van der Waals surface area (Å²) < 4.78 is 11.3. The summed E-state index contributed by atoms with van der Waals surface area (Å²) in [6.07, 6.45) is 1.39. The van der Waals surface area contributed by atoms with Crippen LogP contribution in [-0.2, 0) is 6.42 Å². The minimum absolute atomic E-state index is 0.0871. The lowest BCUT2D eigenvalue weighted by atomic mass is 10.1. The summed E-state index contributed by atoms with van der Waals surface area (Å²) in [4.78, 5) is 4.10. The monoisotopic (exact) mass is 419 g/mol. The Bertz CT molecular complexity index is 991. The maximum atomic E-state index is 10.2. The third-order valence-corrected chi connectivity index (χ3v) is 4.53. The Hall–Kier alpha value is -3.44. The van der Waals surface area contributed by atoms with E-state index in [2.05, 4.69) is 16.4 Å². The lowest BCUT2D eigenvalue weighted by molar-refractivity contribution is 0.0997. The number of nitrogens with zero attached hydrogens (tertiary/aromatic N) is 2. The topological polar surface area (TPSA) is 108 Å². The van der Waals surface area contributed by atoms with Crippen LogP contribution in [0.5, 0.6) is 17.4 Å². The molecule has 0 saturated carbocycles. The molecule has 3 N–H and O–H groups in total. The summed E-state index contributed by atoms with van der Waals surface area (Å²) in [6.45, 7) is 0.355. The van der Waals surface area contributed by atoms with Crippen molar-refractivity contribution in [1.29, 1.82) is 5.26 Å². The highest BCUT2D eigenvalue weighted by Crippen LogP contribution is 2.23. The van der Waals surface area contributed by atoms with E-state index in [4.69, 9.17) is 9.47 Å². The van der Waals surface area contributed by atoms with Crippen molar-refractivity contribution in [3.63, 3.8) is 0 Å². The van der Waals surface area contributed by atoms with E-state index in [1.54, 1.807) is 24.4 Å². The molecule has 7 heteroatoms. The van der Waals surface area contributed by atoms with Gasteiger partial charge in [0.1, 0.15) is 35.8 Å². The molecular formula is C24H25N3O4. The van der Waals surface area contributed by atoms with Gasteiger partial charge in [-0.15, -0.1) is 0 Å². The van der Waals surface area contributed by atoms with E-state index in [9.17, 15) is 15.5 Å². The van der Waals surface area contributed by atoms with Crippen LogP contribution in [0.2, 0.25) is 0 Å². The summed E-state index contributed by atoms with van der Waals surface area (Å²) in [5, 5.41) is 32.2. The van der Waals surface area contributed by atoms with Crippen LogP contribution < -0.4 is 14.8 Å². The first-order valence-corrected chi connectivity index (χ1v) is 10.00. The molecule has 0 amide bonds. The zero-order valence-electron chi connectivity index (χ0n) is 17.0. The molecule has 3 aromatic rings. The number of ether oxygens (including phenoxy) is 2. The Morgan fingerprint density at radius 3 is 2.61 bits per heavy atom. The third kappa shape index (κ3) is 7.08. The Labute approximate surface area is 181 Å². The molecule has 0 aliphatic carbocycles. The Kier molecular flexibility index (Phi) is 8.38. The number of hydrogen-bond donors (Lipinski definition) is 3. The molecule has 0 saturated heterocycles. The van der Waals surface area contributed by atoms with Crippen molar-refractivity contribution in [3.8, 4) is 23.4 Å².